The number of likely N-dealkylation sites (tertiary alicyclic amines) is 1. The van der Waals surface area contributed by atoms with Gasteiger partial charge in [0.1, 0.15) is 11.5 Å². The van der Waals surface area contributed by atoms with Gasteiger partial charge >= 0.3 is 5.97 Å². The van der Waals surface area contributed by atoms with Gasteiger partial charge in [-0.1, -0.05) is 18.2 Å². The minimum absolute atomic E-state index is 0.0961. The van der Waals surface area contributed by atoms with E-state index in [2.05, 4.69) is 16.8 Å². The first kappa shape index (κ1) is 24.9. The van der Waals surface area contributed by atoms with Crippen molar-refractivity contribution in [1.29, 1.82) is 0 Å². The van der Waals surface area contributed by atoms with Gasteiger partial charge in [0, 0.05) is 43.1 Å². The SMILES string of the molecule is C=CCN1CC[C@@]2(c3cccc(OC(C)=O)c3)C[C@@H](NC(=O)C=Cc3ccoc3C)CC[C@]2(O)C1. The fraction of sp³-hybridized carbons (Fsp3) is 0.429. The van der Waals surface area contributed by atoms with E-state index >= 15 is 0 Å². The lowest BCUT2D eigenvalue weighted by Crippen LogP contribution is -2.67. The molecule has 2 heterocycles. The van der Waals surface area contributed by atoms with Gasteiger partial charge in [-0.2, -0.15) is 0 Å². The molecule has 0 spiro atoms. The molecule has 1 aromatic carbocycles. The second kappa shape index (κ2) is 10.2. The number of β-amino-alcohol motifs (C(OH)–C–C–N with tert-alkyl or cyclic N) is 1. The molecule has 1 aromatic heterocycles. The van der Waals surface area contributed by atoms with Crippen molar-refractivity contribution in [3.63, 3.8) is 0 Å². The zero-order valence-electron chi connectivity index (χ0n) is 20.5. The second-order valence-electron chi connectivity index (χ2n) is 9.72. The van der Waals surface area contributed by atoms with Crippen LogP contribution in [0, 0.1) is 6.92 Å². The Morgan fingerprint density at radius 2 is 2.17 bits per heavy atom. The van der Waals surface area contributed by atoms with E-state index in [1.807, 2.05) is 37.3 Å². The average Bonchev–Trinajstić information content (AvgIpc) is 3.22. The predicted octanol–water partition coefficient (Wildman–Crippen LogP) is 3.76. The van der Waals surface area contributed by atoms with Crippen LogP contribution in [0.25, 0.3) is 6.08 Å². The molecule has 4 rings (SSSR count). The minimum atomic E-state index is -0.978. The summed E-state index contributed by atoms with van der Waals surface area (Å²) in [4.78, 5) is 26.5. The first-order chi connectivity index (χ1) is 16.7. The highest BCUT2D eigenvalue weighted by Crippen LogP contribution is 2.52. The summed E-state index contributed by atoms with van der Waals surface area (Å²) < 4.78 is 10.6. The number of piperidine rings is 1. The highest BCUT2D eigenvalue weighted by Gasteiger charge is 2.57. The summed E-state index contributed by atoms with van der Waals surface area (Å²) in [6.45, 7) is 9.11. The molecule has 2 fully saturated rings. The van der Waals surface area contributed by atoms with Crippen molar-refractivity contribution < 1.29 is 23.8 Å². The van der Waals surface area contributed by atoms with Gasteiger partial charge in [0.05, 0.1) is 11.9 Å². The zero-order valence-corrected chi connectivity index (χ0v) is 20.5. The molecule has 7 nitrogen and oxygen atoms in total. The first-order valence-electron chi connectivity index (χ1n) is 12.1. The van der Waals surface area contributed by atoms with Crippen LogP contribution in [0.4, 0.5) is 0 Å². The lowest BCUT2D eigenvalue weighted by molar-refractivity contribution is -0.132. The quantitative estimate of drug-likeness (QED) is 0.273. The second-order valence-corrected chi connectivity index (χ2v) is 9.72. The fourth-order valence-electron chi connectivity index (χ4n) is 5.73. The topological polar surface area (TPSA) is 92.0 Å². The summed E-state index contributed by atoms with van der Waals surface area (Å²) >= 11 is 0. The minimum Gasteiger partial charge on any atom is -0.469 e. The highest BCUT2D eigenvalue weighted by molar-refractivity contribution is 5.92. The third-order valence-electron chi connectivity index (χ3n) is 7.43. The zero-order chi connectivity index (χ0) is 25.1. The summed E-state index contributed by atoms with van der Waals surface area (Å²) in [6, 6.07) is 9.19. The monoisotopic (exact) mass is 478 g/mol. The molecule has 2 aromatic rings. The number of aryl methyl sites for hydroxylation is 1. The van der Waals surface area contributed by atoms with Crippen LogP contribution in [-0.2, 0) is 15.0 Å². The Kier molecular flexibility index (Phi) is 7.28. The molecule has 3 atom stereocenters. The Morgan fingerprint density at radius 3 is 2.89 bits per heavy atom. The van der Waals surface area contributed by atoms with E-state index in [-0.39, 0.29) is 17.9 Å². The molecule has 1 aliphatic carbocycles. The molecule has 1 saturated carbocycles. The van der Waals surface area contributed by atoms with E-state index in [9.17, 15) is 14.7 Å². The Hall–Kier alpha value is -3.16. The number of nitrogens with zero attached hydrogens (tertiary/aromatic N) is 1. The number of aliphatic hydroxyl groups is 1. The van der Waals surface area contributed by atoms with Gasteiger partial charge in [0.2, 0.25) is 5.91 Å². The van der Waals surface area contributed by atoms with Crippen molar-refractivity contribution in [2.45, 2.75) is 56.6 Å². The molecule has 2 N–H and O–H groups in total. The largest absolute Gasteiger partial charge is 0.469 e. The van der Waals surface area contributed by atoms with Crippen LogP contribution in [0.1, 0.15) is 49.5 Å². The Bertz CT molecular complexity index is 1120. The van der Waals surface area contributed by atoms with Crippen molar-refractivity contribution in [3.8, 4) is 5.75 Å². The molecule has 1 saturated heterocycles. The average molecular weight is 479 g/mol. The summed E-state index contributed by atoms with van der Waals surface area (Å²) in [5, 5.41) is 15.2. The van der Waals surface area contributed by atoms with Gasteiger partial charge < -0.3 is 19.6 Å². The number of hydrogen-bond acceptors (Lipinski definition) is 6. The number of ether oxygens (including phenoxy) is 1. The number of rotatable bonds is 7. The maximum Gasteiger partial charge on any atom is 0.308 e. The summed E-state index contributed by atoms with van der Waals surface area (Å²) in [5.41, 5.74) is 0.239. The van der Waals surface area contributed by atoms with Crippen molar-refractivity contribution in [2.75, 3.05) is 19.6 Å². The highest BCUT2D eigenvalue weighted by atomic mass is 16.5. The van der Waals surface area contributed by atoms with Gasteiger partial charge in [-0.3, -0.25) is 14.5 Å². The Labute approximate surface area is 206 Å². The lowest BCUT2D eigenvalue weighted by atomic mass is 9.55. The van der Waals surface area contributed by atoms with Gasteiger partial charge in [-0.05, 0) is 69.0 Å². The van der Waals surface area contributed by atoms with E-state index in [4.69, 9.17) is 9.15 Å². The van der Waals surface area contributed by atoms with E-state index in [1.54, 1.807) is 18.4 Å². The van der Waals surface area contributed by atoms with Crippen LogP contribution < -0.4 is 10.1 Å². The smallest absolute Gasteiger partial charge is 0.308 e. The van der Waals surface area contributed by atoms with E-state index < -0.39 is 11.0 Å². The molecule has 0 bridgehead atoms. The standard InChI is InChI=1S/C28H34N2O5/c1-4-14-30-15-13-27(23-6-5-7-25(17-23)35-21(3)31)18-24(10-12-28(27,33)19-30)29-26(32)9-8-22-11-16-34-20(22)2/h4-9,11,16-17,24,33H,1,10,12-15,18-19H2,2-3H3,(H,29,32)/t24-,27-,28-/m0/s1. The third kappa shape index (κ3) is 5.26. The lowest BCUT2D eigenvalue weighted by Gasteiger charge is -2.58. The van der Waals surface area contributed by atoms with Gasteiger partial charge in [0.15, 0.2) is 0 Å². The van der Waals surface area contributed by atoms with E-state index in [0.717, 1.165) is 29.9 Å². The molecule has 1 aliphatic heterocycles. The van der Waals surface area contributed by atoms with Crippen molar-refractivity contribution in [2.24, 2.45) is 0 Å². The fourth-order valence-corrected chi connectivity index (χ4v) is 5.73. The number of fused-ring (bicyclic) bond motifs is 1. The van der Waals surface area contributed by atoms with Crippen LogP contribution in [0.3, 0.4) is 0 Å². The molecule has 186 valence electrons. The number of carbonyl (C=O) groups is 2. The molecule has 1 amide bonds. The normalized spacial score (nSPS) is 26.8. The molecule has 0 unspecified atom stereocenters. The van der Waals surface area contributed by atoms with Crippen molar-refractivity contribution in [1.82, 2.24) is 10.2 Å². The van der Waals surface area contributed by atoms with Gasteiger partial charge in [0.25, 0.3) is 0 Å². The molecule has 0 radical (unpaired) electrons. The van der Waals surface area contributed by atoms with E-state index in [0.29, 0.717) is 38.1 Å². The third-order valence-corrected chi connectivity index (χ3v) is 7.43. The van der Waals surface area contributed by atoms with Crippen molar-refractivity contribution in [3.05, 3.63) is 72.2 Å². The summed E-state index contributed by atoms with van der Waals surface area (Å²) in [7, 11) is 0. The van der Waals surface area contributed by atoms with Gasteiger partial charge in [-0.15, -0.1) is 6.58 Å². The van der Waals surface area contributed by atoms with Crippen LogP contribution in [0.15, 0.2) is 59.7 Å². The molecule has 7 heteroatoms. The molecule has 35 heavy (non-hydrogen) atoms. The van der Waals surface area contributed by atoms with Crippen LogP contribution in [0.5, 0.6) is 5.75 Å². The van der Waals surface area contributed by atoms with Crippen molar-refractivity contribution >= 4 is 18.0 Å². The molecular formula is C28H34N2O5. The number of esters is 1. The number of nitrogens with one attached hydrogen (secondary N) is 1. The number of hydrogen-bond donors (Lipinski definition) is 2. The van der Waals surface area contributed by atoms with Crippen LogP contribution in [0.2, 0.25) is 0 Å². The number of furan rings is 1. The summed E-state index contributed by atoms with van der Waals surface area (Å²) in [6.07, 6.45) is 9.27. The first-order valence-corrected chi connectivity index (χ1v) is 12.1. The maximum absolute atomic E-state index is 12.7. The van der Waals surface area contributed by atoms with Crippen LogP contribution >= 0.6 is 0 Å². The predicted molar refractivity (Wildman–Crippen MR) is 134 cm³/mol. The number of benzene rings is 1. The Morgan fingerprint density at radius 1 is 1.34 bits per heavy atom. The number of carbonyl (C=O) groups excluding carboxylic acids is 2. The number of amides is 1. The summed E-state index contributed by atoms with van der Waals surface area (Å²) in [5.74, 6) is 0.664. The van der Waals surface area contributed by atoms with E-state index in [1.165, 1.54) is 13.0 Å². The molecular weight excluding hydrogens is 444 g/mol. The van der Waals surface area contributed by atoms with Crippen LogP contribution in [-0.4, -0.2) is 53.2 Å². The van der Waals surface area contributed by atoms with Gasteiger partial charge in [-0.25, -0.2) is 0 Å². The molecule has 2 aliphatic rings. The maximum atomic E-state index is 12.7. The Balaban J connectivity index is 1.60.